The topological polar surface area (TPSA) is 94.1 Å². The van der Waals surface area contributed by atoms with Crippen LogP contribution in [-0.4, -0.2) is 44.3 Å². The van der Waals surface area contributed by atoms with E-state index in [9.17, 15) is 14.7 Å². The lowest BCUT2D eigenvalue weighted by Crippen LogP contribution is -2.38. The number of rotatable bonds is 6. The van der Waals surface area contributed by atoms with E-state index in [1.807, 2.05) is 13.8 Å². The number of methoxy groups -OCH3 is 2. The predicted octanol–water partition coefficient (Wildman–Crippen LogP) is 3.85. The van der Waals surface area contributed by atoms with Gasteiger partial charge >= 0.3 is 5.97 Å². The summed E-state index contributed by atoms with van der Waals surface area (Å²) < 4.78 is 15.6. The van der Waals surface area contributed by atoms with Crippen LogP contribution < -0.4 is 10.1 Å². The zero-order chi connectivity index (χ0) is 22.9. The number of Topliss-reactive ketones (excluding diaryl/α,β-unsaturated/α-hetero) is 1. The summed E-state index contributed by atoms with van der Waals surface area (Å²) in [4.78, 5) is 26.3. The summed E-state index contributed by atoms with van der Waals surface area (Å²) in [5.74, 6) is -1.31. The van der Waals surface area contributed by atoms with E-state index in [0.29, 0.717) is 35.2 Å². The van der Waals surface area contributed by atoms with Crippen LogP contribution in [0.15, 0.2) is 34.7 Å². The van der Waals surface area contributed by atoms with Gasteiger partial charge in [0.1, 0.15) is 6.61 Å². The smallest absolute Gasteiger partial charge is 0.336 e. The van der Waals surface area contributed by atoms with Crippen LogP contribution in [0.3, 0.4) is 0 Å². The highest BCUT2D eigenvalue weighted by atomic mass is 35.5. The maximum atomic E-state index is 13.3. The molecule has 31 heavy (non-hydrogen) atoms. The number of hydrogen-bond donors (Lipinski definition) is 2. The van der Waals surface area contributed by atoms with E-state index in [0.717, 1.165) is 5.70 Å². The molecule has 1 aromatic carbocycles. The molecule has 0 aromatic heterocycles. The van der Waals surface area contributed by atoms with E-state index in [-0.39, 0.29) is 40.9 Å². The highest BCUT2D eigenvalue weighted by Gasteiger charge is 2.43. The molecule has 0 radical (unpaired) electrons. The van der Waals surface area contributed by atoms with Crippen LogP contribution in [0, 0.1) is 5.41 Å². The molecule has 0 bridgehead atoms. The molecular weight excluding hydrogens is 422 g/mol. The Hall–Kier alpha value is -2.51. The monoisotopic (exact) mass is 449 g/mol. The number of phenols is 1. The van der Waals surface area contributed by atoms with Crippen LogP contribution >= 0.6 is 11.6 Å². The molecule has 1 atom stereocenters. The van der Waals surface area contributed by atoms with Gasteiger partial charge in [-0.25, -0.2) is 4.79 Å². The lowest BCUT2D eigenvalue weighted by atomic mass is 9.68. The van der Waals surface area contributed by atoms with Gasteiger partial charge in [0.25, 0.3) is 0 Å². The molecule has 0 spiro atoms. The Morgan fingerprint density at radius 3 is 2.61 bits per heavy atom. The summed E-state index contributed by atoms with van der Waals surface area (Å²) in [5.41, 5.74) is 2.62. The van der Waals surface area contributed by atoms with Gasteiger partial charge in [-0.05, 0) is 36.5 Å². The number of esters is 1. The predicted molar refractivity (Wildman–Crippen MR) is 116 cm³/mol. The van der Waals surface area contributed by atoms with Crippen LogP contribution in [0.4, 0.5) is 0 Å². The van der Waals surface area contributed by atoms with E-state index in [1.165, 1.54) is 14.2 Å². The van der Waals surface area contributed by atoms with Crippen molar-refractivity contribution in [2.45, 2.75) is 39.5 Å². The standard InChI is InChI=1S/C23H28ClNO6/c1-12-18(22(28)31-7-6-29-4)19(13-8-14(24)21(27)17(9-13)30-5)20-15(25-12)10-23(2,3)11-16(20)26/h8-9,19,25,27H,6-7,10-11H2,1-5H3/t19-/m1/s1. The van der Waals surface area contributed by atoms with Gasteiger partial charge in [-0.3, -0.25) is 4.79 Å². The van der Waals surface area contributed by atoms with Gasteiger partial charge in [-0.15, -0.1) is 0 Å². The fraction of sp³-hybridized carbons (Fsp3) is 0.478. The van der Waals surface area contributed by atoms with E-state index in [4.69, 9.17) is 25.8 Å². The van der Waals surface area contributed by atoms with Gasteiger partial charge in [-0.1, -0.05) is 25.4 Å². The minimum atomic E-state index is -0.693. The van der Waals surface area contributed by atoms with Crippen LogP contribution in [0.1, 0.15) is 45.1 Å². The van der Waals surface area contributed by atoms with E-state index >= 15 is 0 Å². The Labute approximate surface area is 187 Å². The van der Waals surface area contributed by atoms with Crippen molar-refractivity contribution in [2.75, 3.05) is 27.4 Å². The third-order valence-corrected chi connectivity index (χ3v) is 5.87. The fourth-order valence-corrected chi connectivity index (χ4v) is 4.47. The van der Waals surface area contributed by atoms with Crippen molar-refractivity contribution in [3.63, 3.8) is 0 Å². The number of hydrogen-bond acceptors (Lipinski definition) is 7. The lowest BCUT2D eigenvalue weighted by Gasteiger charge is -2.39. The first-order valence-corrected chi connectivity index (χ1v) is 10.4. The number of ketones is 1. The highest BCUT2D eigenvalue weighted by Crippen LogP contribution is 2.48. The summed E-state index contributed by atoms with van der Waals surface area (Å²) in [5, 5.41) is 13.5. The summed E-state index contributed by atoms with van der Waals surface area (Å²) in [6.07, 6.45) is 1.02. The summed E-state index contributed by atoms with van der Waals surface area (Å²) in [7, 11) is 2.94. The minimum absolute atomic E-state index is 0.0402. The molecule has 0 unspecified atom stereocenters. The van der Waals surface area contributed by atoms with Crippen LogP contribution in [0.25, 0.3) is 0 Å². The number of ether oxygens (including phenoxy) is 3. The second-order valence-electron chi connectivity index (χ2n) is 8.61. The average molecular weight is 450 g/mol. The molecule has 8 heteroatoms. The van der Waals surface area contributed by atoms with Crippen molar-refractivity contribution in [3.05, 3.63) is 45.3 Å². The molecule has 2 N–H and O–H groups in total. The van der Waals surface area contributed by atoms with Gasteiger partial charge in [-0.2, -0.15) is 0 Å². The van der Waals surface area contributed by atoms with Crippen LogP contribution in [-0.2, 0) is 19.1 Å². The Bertz CT molecular complexity index is 979. The zero-order valence-corrected chi connectivity index (χ0v) is 19.2. The number of allylic oxidation sites excluding steroid dienone is 3. The Morgan fingerprint density at radius 2 is 1.97 bits per heavy atom. The maximum Gasteiger partial charge on any atom is 0.336 e. The SMILES string of the molecule is COCCOC(=O)C1=C(C)NC2=C(C(=O)CC(C)(C)C2)[C@@H]1c1cc(Cl)c(O)c(OC)c1. The molecule has 1 aliphatic carbocycles. The second-order valence-corrected chi connectivity index (χ2v) is 9.02. The third kappa shape index (κ3) is 4.57. The number of benzene rings is 1. The van der Waals surface area contributed by atoms with Crippen molar-refractivity contribution >= 4 is 23.4 Å². The first-order chi connectivity index (χ1) is 14.6. The van der Waals surface area contributed by atoms with Gasteiger partial charge in [0.05, 0.1) is 24.3 Å². The lowest BCUT2D eigenvalue weighted by molar-refractivity contribution is -0.140. The quantitative estimate of drug-likeness (QED) is 0.503. The highest BCUT2D eigenvalue weighted by molar-refractivity contribution is 6.32. The normalized spacial score (nSPS) is 20.3. The first-order valence-electron chi connectivity index (χ1n) is 10.1. The van der Waals surface area contributed by atoms with E-state index in [1.54, 1.807) is 19.1 Å². The summed E-state index contributed by atoms with van der Waals surface area (Å²) in [6.45, 7) is 6.22. The van der Waals surface area contributed by atoms with Crippen molar-refractivity contribution in [1.82, 2.24) is 5.32 Å². The van der Waals surface area contributed by atoms with Crippen LogP contribution in [0.2, 0.25) is 5.02 Å². The molecule has 0 fully saturated rings. The molecule has 3 rings (SSSR count). The van der Waals surface area contributed by atoms with Crippen molar-refractivity contribution in [3.8, 4) is 11.5 Å². The number of carbonyl (C=O) groups is 2. The first kappa shape index (κ1) is 23.2. The van der Waals surface area contributed by atoms with Crippen molar-refractivity contribution in [1.29, 1.82) is 0 Å². The minimum Gasteiger partial charge on any atom is -0.503 e. The number of phenolic OH excluding ortho intramolecular Hbond substituents is 1. The van der Waals surface area contributed by atoms with E-state index in [2.05, 4.69) is 5.32 Å². The third-order valence-electron chi connectivity index (χ3n) is 5.58. The van der Waals surface area contributed by atoms with E-state index < -0.39 is 11.9 Å². The molecule has 1 aromatic rings. The second kappa shape index (κ2) is 8.93. The summed E-state index contributed by atoms with van der Waals surface area (Å²) >= 11 is 6.24. The molecule has 0 amide bonds. The van der Waals surface area contributed by atoms with Crippen molar-refractivity contribution in [2.24, 2.45) is 5.41 Å². The molecule has 0 saturated heterocycles. The average Bonchev–Trinajstić information content (AvgIpc) is 2.68. The molecule has 168 valence electrons. The van der Waals surface area contributed by atoms with Gasteiger partial charge in [0.2, 0.25) is 0 Å². The number of carbonyl (C=O) groups excluding carboxylic acids is 2. The molecule has 2 aliphatic rings. The number of halogens is 1. The Morgan fingerprint density at radius 1 is 1.26 bits per heavy atom. The molecular formula is C23H28ClNO6. The van der Waals surface area contributed by atoms with Gasteiger partial charge in [0, 0.05) is 36.4 Å². The van der Waals surface area contributed by atoms with Crippen molar-refractivity contribution < 1.29 is 28.9 Å². The summed E-state index contributed by atoms with van der Waals surface area (Å²) in [6, 6.07) is 3.16. The maximum absolute atomic E-state index is 13.3. The number of nitrogens with one attached hydrogen (secondary N) is 1. The van der Waals surface area contributed by atoms with Crippen LogP contribution in [0.5, 0.6) is 11.5 Å². The Balaban J connectivity index is 2.17. The molecule has 0 saturated carbocycles. The van der Waals surface area contributed by atoms with Gasteiger partial charge in [0.15, 0.2) is 17.3 Å². The number of dihydropyridines is 1. The zero-order valence-electron chi connectivity index (χ0n) is 18.4. The fourth-order valence-electron chi connectivity index (χ4n) is 4.25. The molecule has 1 heterocycles. The number of aromatic hydroxyl groups is 1. The van der Waals surface area contributed by atoms with Gasteiger partial charge < -0.3 is 24.6 Å². The molecule has 7 nitrogen and oxygen atoms in total. The largest absolute Gasteiger partial charge is 0.503 e. The molecule has 1 aliphatic heterocycles. The Kier molecular flexibility index (Phi) is 6.67.